The summed E-state index contributed by atoms with van der Waals surface area (Å²) in [5.41, 5.74) is 4.15. The molecule has 1 aliphatic carbocycles. The predicted octanol–water partition coefficient (Wildman–Crippen LogP) is 2.67. The van der Waals surface area contributed by atoms with Gasteiger partial charge in [0.1, 0.15) is 0 Å². The Bertz CT molecular complexity index is 510. The number of amides is 2. The molecule has 114 valence electrons. The first kappa shape index (κ1) is 14.4. The van der Waals surface area contributed by atoms with Crippen molar-refractivity contribution in [3.63, 3.8) is 0 Å². The van der Waals surface area contributed by atoms with E-state index < -0.39 is 0 Å². The van der Waals surface area contributed by atoms with Crippen molar-refractivity contribution in [3.05, 3.63) is 34.9 Å². The van der Waals surface area contributed by atoms with E-state index in [1.165, 1.54) is 42.4 Å². The molecule has 0 saturated carbocycles. The van der Waals surface area contributed by atoms with Crippen LogP contribution in [0.2, 0.25) is 0 Å². The lowest BCUT2D eigenvalue weighted by molar-refractivity contribution is 0.0526. The molecule has 2 aliphatic rings. The molecule has 0 aromatic heterocycles. The number of nitrogens with one attached hydrogen (secondary N) is 1. The van der Waals surface area contributed by atoms with Crippen LogP contribution >= 0.6 is 0 Å². The number of carbonyl (C=O) groups is 1. The van der Waals surface area contributed by atoms with Crippen molar-refractivity contribution >= 4 is 6.03 Å². The van der Waals surface area contributed by atoms with Crippen LogP contribution in [-0.4, -0.2) is 37.2 Å². The van der Waals surface area contributed by atoms with Crippen LogP contribution in [0.1, 0.15) is 42.5 Å². The van der Waals surface area contributed by atoms with Crippen molar-refractivity contribution in [2.75, 3.05) is 26.3 Å². The van der Waals surface area contributed by atoms with Crippen LogP contribution in [0.4, 0.5) is 4.79 Å². The predicted molar refractivity (Wildman–Crippen MR) is 82.4 cm³/mol. The number of nitrogens with zero attached hydrogens (tertiary/aromatic N) is 1. The van der Waals surface area contributed by atoms with Crippen LogP contribution in [0, 0.1) is 0 Å². The molecule has 1 N–H and O–H groups in total. The van der Waals surface area contributed by atoms with E-state index in [0.29, 0.717) is 26.3 Å². The molecule has 1 aromatic rings. The Morgan fingerprint density at radius 2 is 1.90 bits per heavy atom. The summed E-state index contributed by atoms with van der Waals surface area (Å²) in [5, 5.41) is 3.10. The Kier molecular flexibility index (Phi) is 4.44. The highest BCUT2D eigenvalue weighted by Crippen LogP contribution is 2.24. The fourth-order valence-electron chi connectivity index (χ4n) is 3.15. The van der Waals surface area contributed by atoms with Crippen LogP contribution in [0.15, 0.2) is 18.2 Å². The highest BCUT2D eigenvalue weighted by atomic mass is 16.5. The number of ether oxygens (including phenoxy) is 1. The number of rotatable bonds is 2. The standard InChI is InChI=1S/C17H24N2O2/c1-13(18-17(20)19-8-10-21-11-9-19)15-7-6-14-4-2-3-5-16(14)12-15/h6-7,12-13H,2-5,8-11H2,1H3,(H,18,20). The van der Waals surface area contributed by atoms with Gasteiger partial charge in [-0.25, -0.2) is 4.79 Å². The third-order valence-corrected chi connectivity index (χ3v) is 4.51. The van der Waals surface area contributed by atoms with E-state index >= 15 is 0 Å². The minimum absolute atomic E-state index is 0.0171. The smallest absolute Gasteiger partial charge is 0.318 e. The van der Waals surface area contributed by atoms with Gasteiger partial charge in [-0.3, -0.25) is 0 Å². The van der Waals surface area contributed by atoms with Gasteiger partial charge in [-0.2, -0.15) is 0 Å². The molecule has 1 aromatic carbocycles. The molecule has 1 atom stereocenters. The Morgan fingerprint density at radius 3 is 2.67 bits per heavy atom. The molecule has 1 unspecified atom stereocenters. The molecule has 0 spiro atoms. The van der Waals surface area contributed by atoms with Gasteiger partial charge in [0, 0.05) is 13.1 Å². The Balaban J connectivity index is 1.64. The Morgan fingerprint density at radius 1 is 1.19 bits per heavy atom. The van der Waals surface area contributed by atoms with Crippen LogP contribution in [-0.2, 0) is 17.6 Å². The van der Waals surface area contributed by atoms with Gasteiger partial charge in [0.2, 0.25) is 0 Å². The first-order valence-corrected chi connectivity index (χ1v) is 7.99. The zero-order valence-electron chi connectivity index (χ0n) is 12.7. The lowest BCUT2D eigenvalue weighted by Gasteiger charge is -2.29. The number of aryl methyl sites for hydroxylation is 2. The molecular weight excluding hydrogens is 264 g/mol. The fourth-order valence-corrected chi connectivity index (χ4v) is 3.15. The number of urea groups is 1. The summed E-state index contributed by atoms with van der Waals surface area (Å²) in [6.45, 7) is 4.70. The van der Waals surface area contributed by atoms with E-state index in [-0.39, 0.29) is 12.1 Å². The molecule has 4 heteroatoms. The molecule has 1 aliphatic heterocycles. The third kappa shape index (κ3) is 3.38. The molecule has 4 nitrogen and oxygen atoms in total. The van der Waals surface area contributed by atoms with Gasteiger partial charge in [0.05, 0.1) is 19.3 Å². The van der Waals surface area contributed by atoms with E-state index in [1.54, 1.807) is 0 Å². The molecule has 3 rings (SSSR count). The van der Waals surface area contributed by atoms with Gasteiger partial charge < -0.3 is 15.0 Å². The van der Waals surface area contributed by atoms with E-state index in [9.17, 15) is 4.79 Å². The minimum Gasteiger partial charge on any atom is -0.378 e. The lowest BCUT2D eigenvalue weighted by atomic mass is 9.89. The second-order valence-corrected chi connectivity index (χ2v) is 6.01. The van der Waals surface area contributed by atoms with Gasteiger partial charge in [-0.05, 0) is 49.3 Å². The molecular formula is C17H24N2O2. The highest BCUT2D eigenvalue weighted by molar-refractivity contribution is 5.74. The molecule has 1 fully saturated rings. The topological polar surface area (TPSA) is 41.6 Å². The largest absolute Gasteiger partial charge is 0.378 e. The molecule has 2 amide bonds. The van der Waals surface area contributed by atoms with E-state index in [0.717, 1.165) is 0 Å². The van der Waals surface area contributed by atoms with Crippen molar-refractivity contribution in [2.45, 2.75) is 38.6 Å². The molecule has 21 heavy (non-hydrogen) atoms. The number of hydrogen-bond acceptors (Lipinski definition) is 2. The van der Waals surface area contributed by atoms with E-state index in [1.807, 2.05) is 4.90 Å². The van der Waals surface area contributed by atoms with Crippen molar-refractivity contribution < 1.29 is 9.53 Å². The maximum atomic E-state index is 12.2. The summed E-state index contributed by atoms with van der Waals surface area (Å²) in [4.78, 5) is 14.1. The Labute approximate surface area is 126 Å². The summed E-state index contributed by atoms with van der Waals surface area (Å²) in [6.07, 6.45) is 4.96. The van der Waals surface area contributed by atoms with Crippen LogP contribution in [0.5, 0.6) is 0 Å². The van der Waals surface area contributed by atoms with Crippen molar-refractivity contribution in [1.82, 2.24) is 10.2 Å². The number of fused-ring (bicyclic) bond motifs is 1. The Hall–Kier alpha value is -1.55. The maximum absolute atomic E-state index is 12.2. The first-order chi connectivity index (χ1) is 10.2. The van der Waals surface area contributed by atoms with E-state index in [2.05, 4.69) is 30.4 Å². The summed E-state index contributed by atoms with van der Waals surface area (Å²) in [6, 6.07) is 6.74. The summed E-state index contributed by atoms with van der Waals surface area (Å²) in [5.74, 6) is 0. The third-order valence-electron chi connectivity index (χ3n) is 4.51. The zero-order chi connectivity index (χ0) is 14.7. The lowest BCUT2D eigenvalue weighted by Crippen LogP contribution is -2.46. The summed E-state index contributed by atoms with van der Waals surface area (Å²) >= 11 is 0. The number of benzene rings is 1. The highest BCUT2D eigenvalue weighted by Gasteiger charge is 2.19. The van der Waals surface area contributed by atoms with E-state index in [4.69, 9.17) is 4.74 Å². The maximum Gasteiger partial charge on any atom is 0.318 e. The zero-order valence-corrected chi connectivity index (χ0v) is 12.7. The number of morpholine rings is 1. The molecule has 1 saturated heterocycles. The van der Waals surface area contributed by atoms with Crippen LogP contribution in [0.25, 0.3) is 0 Å². The van der Waals surface area contributed by atoms with Gasteiger partial charge in [-0.1, -0.05) is 18.2 Å². The average molecular weight is 288 g/mol. The van der Waals surface area contributed by atoms with Crippen molar-refractivity contribution in [2.24, 2.45) is 0 Å². The normalized spacial score (nSPS) is 19.8. The molecule has 1 heterocycles. The minimum atomic E-state index is 0.0171. The van der Waals surface area contributed by atoms with Crippen LogP contribution in [0.3, 0.4) is 0 Å². The second kappa shape index (κ2) is 6.48. The van der Waals surface area contributed by atoms with Crippen molar-refractivity contribution in [1.29, 1.82) is 0 Å². The number of carbonyl (C=O) groups excluding carboxylic acids is 1. The quantitative estimate of drug-likeness (QED) is 0.909. The summed E-state index contributed by atoms with van der Waals surface area (Å²) < 4.78 is 5.28. The van der Waals surface area contributed by atoms with Gasteiger partial charge in [-0.15, -0.1) is 0 Å². The van der Waals surface area contributed by atoms with Gasteiger partial charge in [0.15, 0.2) is 0 Å². The van der Waals surface area contributed by atoms with Gasteiger partial charge in [0.25, 0.3) is 0 Å². The first-order valence-electron chi connectivity index (χ1n) is 7.99. The molecule has 0 bridgehead atoms. The van der Waals surface area contributed by atoms with Crippen LogP contribution < -0.4 is 5.32 Å². The van der Waals surface area contributed by atoms with Crippen molar-refractivity contribution in [3.8, 4) is 0 Å². The fraction of sp³-hybridized carbons (Fsp3) is 0.588. The average Bonchev–Trinajstić information content (AvgIpc) is 2.55. The SMILES string of the molecule is CC(NC(=O)N1CCOCC1)c1ccc2c(c1)CCCC2. The molecule has 0 radical (unpaired) electrons. The van der Waals surface area contributed by atoms with Gasteiger partial charge >= 0.3 is 6.03 Å². The second-order valence-electron chi connectivity index (χ2n) is 6.01. The monoisotopic (exact) mass is 288 g/mol. The number of hydrogen-bond donors (Lipinski definition) is 1. The summed E-state index contributed by atoms with van der Waals surface area (Å²) in [7, 11) is 0.